The maximum atomic E-state index is 6.35. The first-order valence-corrected chi connectivity index (χ1v) is 10.6. The Hall–Kier alpha value is -3.60. The third-order valence-electron chi connectivity index (χ3n) is 5.84. The quantitative estimate of drug-likeness (QED) is 0.391. The van der Waals surface area contributed by atoms with Crippen molar-refractivity contribution in [3.63, 3.8) is 0 Å². The van der Waals surface area contributed by atoms with Gasteiger partial charge in [-0.1, -0.05) is 66.7 Å². The maximum Gasteiger partial charge on any atom is 0.201 e. The van der Waals surface area contributed by atoms with Crippen molar-refractivity contribution in [3.8, 4) is 5.75 Å². The average Bonchev–Trinajstić information content (AvgIpc) is 2.83. The van der Waals surface area contributed by atoms with Crippen LogP contribution in [0.5, 0.6) is 5.75 Å². The topological polar surface area (TPSA) is 24.5 Å². The normalized spacial score (nSPS) is 19.5. The second kappa shape index (κ2) is 7.91. The minimum atomic E-state index is 0.444. The number of hydrazine groups is 1. The number of quaternary nitrogens is 1. The standard InChI is InChI=1S/C27H26N3O/c1-3-30(28-29(22-12-6-4-7-13-22)23-14-8-5-9-15-23)24-16-10-11-17-26(24)31-27-20-21(2)18-19-25(27)30/h4-19,28H,2-3,20H2,1H3/q+1. The van der Waals surface area contributed by atoms with Crippen LogP contribution in [0.2, 0.25) is 0 Å². The van der Waals surface area contributed by atoms with Crippen LogP contribution in [-0.4, -0.2) is 6.54 Å². The zero-order valence-corrected chi connectivity index (χ0v) is 17.7. The number of rotatable bonds is 5. The van der Waals surface area contributed by atoms with Gasteiger partial charge in [0.1, 0.15) is 6.54 Å². The Kier molecular flexibility index (Phi) is 4.94. The van der Waals surface area contributed by atoms with Gasteiger partial charge in [-0.25, -0.2) is 5.01 Å². The molecule has 0 amide bonds. The van der Waals surface area contributed by atoms with Crippen LogP contribution in [0, 0.1) is 0 Å². The lowest BCUT2D eigenvalue weighted by Crippen LogP contribution is -2.65. The zero-order valence-electron chi connectivity index (χ0n) is 17.7. The molecular weight excluding hydrogens is 382 g/mol. The lowest BCUT2D eigenvalue weighted by atomic mass is 10.0. The van der Waals surface area contributed by atoms with E-state index in [0.717, 1.165) is 46.4 Å². The van der Waals surface area contributed by atoms with Crippen molar-refractivity contribution in [2.24, 2.45) is 0 Å². The molecule has 3 aromatic carbocycles. The van der Waals surface area contributed by atoms with Crippen LogP contribution < -0.4 is 19.9 Å². The molecule has 0 aromatic heterocycles. The predicted octanol–water partition coefficient (Wildman–Crippen LogP) is 6.39. The van der Waals surface area contributed by atoms with Gasteiger partial charge < -0.3 is 4.74 Å². The summed E-state index contributed by atoms with van der Waals surface area (Å²) >= 11 is 0. The lowest BCUT2D eigenvalue weighted by Gasteiger charge is -2.44. The molecule has 1 unspecified atom stereocenters. The van der Waals surface area contributed by atoms with Crippen LogP contribution in [0.15, 0.2) is 121 Å². The number of benzene rings is 3. The van der Waals surface area contributed by atoms with Crippen molar-refractivity contribution in [1.82, 2.24) is 10.1 Å². The van der Waals surface area contributed by atoms with Crippen LogP contribution in [0.3, 0.4) is 0 Å². The molecule has 0 spiro atoms. The van der Waals surface area contributed by atoms with Crippen LogP contribution in [0.1, 0.15) is 13.3 Å². The molecule has 31 heavy (non-hydrogen) atoms. The maximum absolute atomic E-state index is 6.35. The Morgan fingerprint density at radius 2 is 1.48 bits per heavy atom. The fourth-order valence-electron chi connectivity index (χ4n) is 4.30. The van der Waals surface area contributed by atoms with E-state index in [9.17, 15) is 0 Å². The summed E-state index contributed by atoms with van der Waals surface area (Å²) in [5.74, 6) is 1.82. The molecule has 1 heterocycles. The fourth-order valence-corrected chi connectivity index (χ4v) is 4.30. The van der Waals surface area contributed by atoms with Gasteiger partial charge in [0.25, 0.3) is 0 Å². The summed E-state index contributed by atoms with van der Waals surface area (Å²) in [7, 11) is 0. The molecule has 154 valence electrons. The second-order valence-corrected chi connectivity index (χ2v) is 7.78. The highest BCUT2D eigenvalue weighted by atomic mass is 16.5. The highest BCUT2D eigenvalue weighted by molar-refractivity contribution is 5.67. The van der Waals surface area contributed by atoms with Gasteiger partial charge in [0.15, 0.2) is 17.2 Å². The number of hydrogen-bond acceptors (Lipinski definition) is 3. The van der Waals surface area contributed by atoms with Crippen LogP contribution in [0.4, 0.5) is 17.1 Å². The van der Waals surface area contributed by atoms with Crippen molar-refractivity contribution in [2.75, 3.05) is 11.6 Å². The summed E-state index contributed by atoms with van der Waals surface area (Å²) in [4.78, 5) is 0. The minimum Gasteiger partial charge on any atom is -0.449 e. The van der Waals surface area contributed by atoms with E-state index in [4.69, 9.17) is 4.74 Å². The first-order valence-electron chi connectivity index (χ1n) is 10.6. The SMILES string of the molecule is C=C1C=CC2=C(C1)Oc1ccccc1[N+]2(CC)NN(c1ccccc1)c1ccccc1. The fraction of sp³-hybridized carbons (Fsp3) is 0.111. The molecule has 1 N–H and O–H groups in total. The van der Waals surface area contributed by atoms with Gasteiger partial charge in [0.05, 0.1) is 11.4 Å². The van der Waals surface area contributed by atoms with Gasteiger partial charge in [-0.3, -0.25) is 0 Å². The molecule has 5 rings (SSSR count). The summed E-state index contributed by atoms with van der Waals surface area (Å²) < 4.78 is 6.79. The number of para-hydroxylation sites is 4. The van der Waals surface area contributed by atoms with Gasteiger partial charge in [-0.15, -0.1) is 0 Å². The molecular formula is C27H26N3O+. The summed E-state index contributed by atoms with van der Waals surface area (Å²) in [6, 6.07) is 29.1. The third-order valence-corrected chi connectivity index (χ3v) is 5.84. The molecule has 4 nitrogen and oxygen atoms in total. The molecule has 1 aliphatic carbocycles. The number of anilines is 2. The van der Waals surface area contributed by atoms with Crippen molar-refractivity contribution in [1.29, 1.82) is 0 Å². The number of likely N-dealkylation sites (N-methyl/N-ethyl adjacent to an activating group) is 1. The van der Waals surface area contributed by atoms with E-state index >= 15 is 0 Å². The summed E-state index contributed by atoms with van der Waals surface area (Å²) in [5, 5.41) is 2.16. The number of ether oxygens (including phenoxy) is 1. The highest BCUT2D eigenvalue weighted by Gasteiger charge is 2.45. The lowest BCUT2D eigenvalue weighted by molar-refractivity contribution is 0.220. The molecule has 1 atom stereocenters. The predicted molar refractivity (Wildman–Crippen MR) is 127 cm³/mol. The third kappa shape index (κ3) is 3.36. The largest absolute Gasteiger partial charge is 0.449 e. The Morgan fingerprint density at radius 3 is 2.13 bits per heavy atom. The molecule has 2 aliphatic rings. The van der Waals surface area contributed by atoms with E-state index < -0.39 is 0 Å². The summed E-state index contributed by atoms with van der Waals surface area (Å²) in [6.45, 7) is 7.15. The van der Waals surface area contributed by atoms with Gasteiger partial charge in [0.2, 0.25) is 5.69 Å². The first kappa shape index (κ1) is 19.4. The van der Waals surface area contributed by atoms with E-state index in [1.807, 2.05) is 24.3 Å². The Bertz CT molecular complexity index is 1130. The number of fused-ring (bicyclic) bond motifs is 1. The highest BCUT2D eigenvalue weighted by Crippen LogP contribution is 2.45. The van der Waals surface area contributed by atoms with Crippen molar-refractivity contribution < 1.29 is 4.74 Å². The van der Waals surface area contributed by atoms with E-state index in [-0.39, 0.29) is 0 Å². The monoisotopic (exact) mass is 408 g/mol. The van der Waals surface area contributed by atoms with Gasteiger partial charge in [-0.05, 0) is 42.8 Å². The summed E-state index contributed by atoms with van der Waals surface area (Å²) in [6.07, 6.45) is 4.94. The van der Waals surface area contributed by atoms with Gasteiger partial charge >= 0.3 is 0 Å². The van der Waals surface area contributed by atoms with Gasteiger partial charge in [-0.2, -0.15) is 4.59 Å². The van der Waals surface area contributed by atoms with Crippen LogP contribution >= 0.6 is 0 Å². The number of hydrogen-bond donors (Lipinski definition) is 1. The molecule has 3 aromatic rings. The molecule has 0 saturated heterocycles. The molecule has 0 fully saturated rings. The Labute approximate surface area is 183 Å². The van der Waals surface area contributed by atoms with Crippen molar-refractivity contribution in [3.05, 3.63) is 121 Å². The summed E-state index contributed by atoms with van der Waals surface area (Å²) in [5.41, 5.74) is 9.24. The minimum absolute atomic E-state index is 0.444. The van der Waals surface area contributed by atoms with Crippen molar-refractivity contribution >= 4 is 17.1 Å². The molecule has 0 bridgehead atoms. The van der Waals surface area contributed by atoms with Crippen LogP contribution in [0.25, 0.3) is 0 Å². The average molecular weight is 409 g/mol. The number of nitrogens with one attached hydrogen (secondary N) is 1. The van der Waals surface area contributed by atoms with Crippen molar-refractivity contribution in [2.45, 2.75) is 13.3 Å². The molecule has 0 radical (unpaired) electrons. The van der Waals surface area contributed by atoms with E-state index in [1.165, 1.54) is 0 Å². The zero-order chi connectivity index (χ0) is 21.3. The van der Waals surface area contributed by atoms with Gasteiger partial charge in [0, 0.05) is 18.6 Å². The second-order valence-electron chi connectivity index (χ2n) is 7.78. The van der Waals surface area contributed by atoms with E-state index in [1.54, 1.807) is 0 Å². The Morgan fingerprint density at radius 1 is 0.871 bits per heavy atom. The first-order chi connectivity index (χ1) is 15.2. The number of nitrogens with zero attached hydrogens (tertiary/aromatic N) is 2. The number of allylic oxidation sites excluding steroid dienone is 3. The van der Waals surface area contributed by atoms with E-state index in [0.29, 0.717) is 11.0 Å². The molecule has 1 aliphatic heterocycles. The van der Waals surface area contributed by atoms with Crippen LogP contribution in [-0.2, 0) is 0 Å². The van der Waals surface area contributed by atoms with E-state index in [2.05, 4.69) is 96.9 Å². The molecule has 4 heteroatoms. The Balaban J connectivity index is 1.70. The molecule has 0 saturated carbocycles. The smallest absolute Gasteiger partial charge is 0.201 e.